The number of hydrogen-bond acceptors (Lipinski definition) is 6. The van der Waals surface area contributed by atoms with Gasteiger partial charge in [0.05, 0.1) is 5.56 Å². The highest BCUT2D eigenvalue weighted by Crippen LogP contribution is 2.27. The molecule has 24 heavy (non-hydrogen) atoms. The highest BCUT2D eigenvalue weighted by atomic mass is 16.5. The van der Waals surface area contributed by atoms with Crippen LogP contribution >= 0.6 is 0 Å². The monoisotopic (exact) mass is 319 g/mol. The molecule has 0 aliphatic rings. The summed E-state index contributed by atoms with van der Waals surface area (Å²) in [5.74, 6) is 0.729. The van der Waals surface area contributed by atoms with Gasteiger partial charge in [0, 0.05) is 40.8 Å². The molecular weight excluding hydrogens is 306 g/mol. The summed E-state index contributed by atoms with van der Waals surface area (Å²) < 4.78 is 5.36. The van der Waals surface area contributed by atoms with Crippen LogP contribution in [0.2, 0.25) is 0 Å². The standard InChI is InChI=1S/C17H13N5O2/c1-9-14(10(2)23)7-11(8-20-9)17-21-16(22-24-17)13-4-6-19-15-12(13)3-5-18-15/h3-8H,1-2H3,(H,18,19). The minimum Gasteiger partial charge on any atom is -0.346 e. The van der Waals surface area contributed by atoms with Crippen molar-refractivity contribution in [1.29, 1.82) is 0 Å². The van der Waals surface area contributed by atoms with E-state index >= 15 is 0 Å². The third-order valence-corrected chi connectivity index (χ3v) is 3.84. The van der Waals surface area contributed by atoms with E-state index in [9.17, 15) is 4.79 Å². The van der Waals surface area contributed by atoms with Gasteiger partial charge in [-0.05, 0) is 32.0 Å². The molecule has 0 fully saturated rings. The number of hydrogen-bond donors (Lipinski definition) is 1. The summed E-state index contributed by atoms with van der Waals surface area (Å²) in [6.07, 6.45) is 5.12. The zero-order valence-electron chi connectivity index (χ0n) is 13.1. The molecule has 4 rings (SSSR count). The summed E-state index contributed by atoms with van der Waals surface area (Å²) >= 11 is 0. The summed E-state index contributed by atoms with van der Waals surface area (Å²) in [6.45, 7) is 3.30. The maximum Gasteiger partial charge on any atom is 0.259 e. The van der Waals surface area contributed by atoms with Gasteiger partial charge in [-0.1, -0.05) is 5.16 Å². The molecule has 0 saturated carbocycles. The van der Waals surface area contributed by atoms with Crippen molar-refractivity contribution in [2.45, 2.75) is 13.8 Å². The first-order valence-corrected chi connectivity index (χ1v) is 7.37. The van der Waals surface area contributed by atoms with E-state index < -0.39 is 0 Å². The number of Topliss-reactive ketones (excluding diaryl/α,β-unsaturated/α-hetero) is 1. The Labute approximate surface area is 136 Å². The predicted molar refractivity (Wildman–Crippen MR) is 87.4 cm³/mol. The van der Waals surface area contributed by atoms with Crippen molar-refractivity contribution in [1.82, 2.24) is 25.1 Å². The molecule has 0 unspecified atom stereocenters. The van der Waals surface area contributed by atoms with Crippen LogP contribution in [0.3, 0.4) is 0 Å². The van der Waals surface area contributed by atoms with E-state index in [0.717, 1.165) is 16.6 Å². The fraction of sp³-hybridized carbons (Fsp3) is 0.118. The van der Waals surface area contributed by atoms with Crippen LogP contribution in [-0.2, 0) is 0 Å². The topological polar surface area (TPSA) is 97.6 Å². The molecule has 0 saturated heterocycles. The molecule has 118 valence electrons. The zero-order valence-corrected chi connectivity index (χ0v) is 13.1. The average Bonchev–Trinajstić information content (AvgIpc) is 3.24. The van der Waals surface area contributed by atoms with Crippen LogP contribution in [0.25, 0.3) is 33.9 Å². The second-order valence-electron chi connectivity index (χ2n) is 5.43. The summed E-state index contributed by atoms with van der Waals surface area (Å²) in [6, 6.07) is 5.47. The van der Waals surface area contributed by atoms with Gasteiger partial charge in [0.1, 0.15) is 5.65 Å². The van der Waals surface area contributed by atoms with E-state index in [2.05, 4.69) is 25.1 Å². The van der Waals surface area contributed by atoms with E-state index in [-0.39, 0.29) is 5.78 Å². The number of aromatic amines is 1. The molecule has 0 aromatic carbocycles. The molecule has 7 heteroatoms. The van der Waals surface area contributed by atoms with E-state index in [4.69, 9.17) is 4.52 Å². The van der Waals surface area contributed by atoms with Crippen molar-refractivity contribution in [3.8, 4) is 22.8 Å². The maximum absolute atomic E-state index is 11.7. The number of H-pyrrole nitrogens is 1. The Balaban J connectivity index is 1.80. The van der Waals surface area contributed by atoms with Gasteiger partial charge in [-0.25, -0.2) is 4.98 Å². The normalized spacial score (nSPS) is 11.1. The number of aromatic nitrogens is 5. The third kappa shape index (κ3) is 2.26. The van der Waals surface area contributed by atoms with Gasteiger partial charge >= 0.3 is 0 Å². The molecule has 0 aliphatic carbocycles. The van der Waals surface area contributed by atoms with Crippen LogP contribution in [0, 0.1) is 6.92 Å². The number of ketones is 1. The SMILES string of the molecule is CC(=O)c1cc(-c2nc(-c3ccnc4[nH]ccc34)no2)cnc1C. The minimum atomic E-state index is -0.0512. The zero-order chi connectivity index (χ0) is 16.7. The highest BCUT2D eigenvalue weighted by molar-refractivity contribution is 5.96. The van der Waals surface area contributed by atoms with Crippen molar-refractivity contribution < 1.29 is 9.32 Å². The largest absolute Gasteiger partial charge is 0.346 e. The first-order chi connectivity index (χ1) is 11.6. The number of nitrogens with one attached hydrogen (secondary N) is 1. The summed E-state index contributed by atoms with van der Waals surface area (Å²) in [5, 5.41) is 4.96. The fourth-order valence-electron chi connectivity index (χ4n) is 2.61. The quantitative estimate of drug-likeness (QED) is 0.582. The first-order valence-electron chi connectivity index (χ1n) is 7.37. The second-order valence-corrected chi connectivity index (χ2v) is 5.43. The number of pyridine rings is 2. The lowest BCUT2D eigenvalue weighted by Crippen LogP contribution is -1.99. The van der Waals surface area contributed by atoms with Gasteiger partial charge in [-0.3, -0.25) is 9.78 Å². The number of rotatable bonds is 3. The predicted octanol–water partition coefficient (Wildman–Crippen LogP) is 3.19. The molecule has 0 bridgehead atoms. The van der Waals surface area contributed by atoms with Crippen molar-refractivity contribution in [3.63, 3.8) is 0 Å². The molecule has 4 aromatic heterocycles. The lowest BCUT2D eigenvalue weighted by atomic mass is 10.1. The average molecular weight is 319 g/mol. The molecule has 0 atom stereocenters. The second kappa shape index (κ2) is 5.38. The smallest absolute Gasteiger partial charge is 0.259 e. The number of nitrogens with zero attached hydrogens (tertiary/aromatic N) is 4. The minimum absolute atomic E-state index is 0.0512. The summed E-state index contributed by atoms with van der Waals surface area (Å²) in [4.78, 5) is 27.6. The van der Waals surface area contributed by atoms with Crippen LogP contribution in [0.5, 0.6) is 0 Å². The first kappa shape index (κ1) is 14.3. The van der Waals surface area contributed by atoms with Crippen LogP contribution in [0.15, 0.2) is 41.3 Å². The fourth-order valence-corrected chi connectivity index (χ4v) is 2.61. The van der Waals surface area contributed by atoms with Crippen molar-refractivity contribution in [2.75, 3.05) is 0 Å². The Bertz CT molecular complexity index is 1060. The lowest BCUT2D eigenvalue weighted by Gasteiger charge is -2.02. The third-order valence-electron chi connectivity index (χ3n) is 3.84. The van der Waals surface area contributed by atoms with Gasteiger partial charge in [0.2, 0.25) is 5.82 Å². The molecule has 0 aliphatic heterocycles. The van der Waals surface area contributed by atoms with Crippen molar-refractivity contribution >= 4 is 16.8 Å². The molecule has 0 amide bonds. The van der Waals surface area contributed by atoms with E-state index in [1.54, 1.807) is 25.4 Å². The van der Waals surface area contributed by atoms with Gasteiger partial charge in [-0.15, -0.1) is 0 Å². The van der Waals surface area contributed by atoms with Crippen molar-refractivity contribution in [2.24, 2.45) is 0 Å². The van der Waals surface area contributed by atoms with Gasteiger partial charge in [-0.2, -0.15) is 4.98 Å². The molecule has 1 N–H and O–H groups in total. The van der Waals surface area contributed by atoms with E-state index in [1.807, 2.05) is 18.3 Å². The Morgan fingerprint density at radius 3 is 2.96 bits per heavy atom. The lowest BCUT2D eigenvalue weighted by molar-refractivity contribution is 0.101. The van der Waals surface area contributed by atoms with Crippen LogP contribution in [0.4, 0.5) is 0 Å². The maximum atomic E-state index is 11.7. The van der Waals surface area contributed by atoms with Gasteiger partial charge in [0.25, 0.3) is 5.89 Å². The molecule has 4 aromatic rings. The number of carbonyl (C=O) groups is 1. The van der Waals surface area contributed by atoms with E-state index in [0.29, 0.717) is 28.5 Å². The van der Waals surface area contributed by atoms with Crippen LogP contribution in [0.1, 0.15) is 23.0 Å². The van der Waals surface area contributed by atoms with Crippen LogP contribution in [-0.4, -0.2) is 30.9 Å². The van der Waals surface area contributed by atoms with Gasteiger partial charge < -0.3 is 9.51 Å². The molecule has 4 heterocycles. The molecule has 0 radical (unpaired) electrons. The summed E-state index contributed by atoms with van der Waals surface area (Å²) in [5.41, 5.74) is 3.42. The van der Waals surface area contributed by atoms with Crippen LogP contribution < -0.4 is 0 Å². The number of carbonyl (C=O) groups excluding carboxylic acids is 1. The molecule has 7 nitrogen and oxygen atoms in total. The number of fused-ring (bicyclic) bond motifs is 1. The number of aryl methyl sites for hydroxylation is 1. The van der Waals surface area contributed by atoms with Crippen molar-refractivity contribution in [3.05, 3.63) is 48.0 Å². The summed E-state index contributed by atoms with van der Waals surface area (Å²) in [7, 11) is 0. The van der Waals surface area contributed by atoms with Gasteiger partial charge in [0.15, 0.2) is 5.78 Å². The Kier molecular flexibility index (Phi) is 3.19. The molecule has 0 spiro atoms. The Hall–Kier alpha value is -3.35. The highest BCUT2D eigenvalue weighted by Gasteiger charge is 2.16. The molecular formula is C17H13N5O2. The Morgan fingerprint density at radius 1 is 1.25 bits per heavy atom. The van der Waals surface area contributed by atoms with E-state index in [1.165, 1.54) is 6.92 Å². The Morgan fingerprint density at radius 2 is 2.12 bits per heavy atom.